The summed E-state index contributed by atoms with van der Waals surface area (Å²) in [7, 11) is 4.00. The molecular weight excluding hydrogens is 286 g/mol. The standard InChI is InChI=1S/C16H24ClN3O/c1-11-9-13(17)10-12(2)14(11)19-16(21)15(18-3)20(4)7-5-6-8-20/h9-10,15,18H,5-8H2,1-4H3/p+1. The van der Waals surface area contributed by atoms with Gasteiger partial charge in [-0.25, -0.2) is 0 Å². The minimum Gasteiger partial charge on any atom is -0.319 e. The molecule has 2 N–H and O–H groups in total. The van der Waals surface area contributed by atoms with Crippen LogP contribution >= 0.6 is 11.6 Å². The number of aryl methyl sites for hydroxylation is 2. The monoisotopic (exact) mass is 310 g/mol. The maximum Gasteiger partial charge on any atom is 0.298 e. The van der Waals surface area contributed by atoms with Crippen LogP contribution in [0.1, 0.15) is 24.0 Å². The third-order valence-corrected chi connectivity index (χ3v) is 4.70. The Kier molecular flexibility index (Phi) is 4.91. The molecule has 0 aliphatic carbocycles. The van der Waals surface area contributed by atoms with Crippen molar-refractivity contribution < 1.29 is 9.28 Å². The Hall–Kier alpha value is -1.10. The first-order chi connectivity index (χ1) is 9.87. The highest BCUT2D eigenvalue weighted by atomic mass is 35.5. The van der Waals surface area contributed by atoms with Crippen LogP contribution in [0.2, 0.25) is 5.02 Å². The molecule has 0 aromatic heterocycles. The number of hydrogen-bond donors (Lipinski definition) is 2. The molecule has 4 nitrogen and oxygen atoms in total. The van der Waals surface area contributed by atoms with Gasteiger partial charge < -0.3 is 9.80 Å². The van der Waals surface area contributed by atoms with E-state index in [-0.39, 0.29) is 12.1 Å². The van der Waals surface area contributed by atoms with Gasteiger partial charge in [0.05, 0.1) is 20.1 Å². The zero-order valence-corrected chi connectivity index (χ0v) is 14.0. The van der Waals surface area contributed by atoms with Gasteiger partial charge in [0.25, 0.3) is 5.91 Å². The van der Waals surface area contributed by atoms with Crippen molar-refractivity contribution in [1.82, 2.24) is 5.32 Å². The Balaban J connectivity index is 2.20. The molecule has 0 bridgehead atoms. The normalized spacial score (nSPS) is 18.5. The smallest absolute Gasteiger partial charge is 0.298 e. The molecule has 1 saturated heterocycles. The Morgan fingerprint density at radius 3 is 2.24 bits per heavy atom. The van der Waals surface area contributed by atoms with Crippen LogP contribution in [0.3, 0.4) is 0 Å². The summed E-state index contributed by atoms with van der Waals surface area (Å²) in [4.78, 5) is 12.7. The molecule has 1 aromatic rings. The van der Waals surface area contributed by atoms with Crippen molar-refractivity contribution in [1.29, 1.82) is 0 Å². The molecule has 1 aromatic carbocycles. The average Bonchev–Trinajstić information content (AvgIpc) is 2.82. The van der Waals surface area contributed by atoms with E-state index in [0.29, 0.717) is 5.02 Å². The second kappa shape index (κ2) is 6.34. The third kappa shape index (κ3) is 3.39. The molecule has 1 heterocycles. The molecule has 0 radical (unpaired) electrons. The lowest BCUT2D eigenvalue weighted by atomic mass is 10.1. The van der Waals surface area contributed by atoms with Gasteiger partial charge in [0, 0.05) is 23.6 Å². The molecule has 1 aliphatic rings. The molecule has 1 amide bonds. The number of likely N-dealkylation sites (tertiary alicyclic amines) is 1. The van der Waals surface area contributed by atoms with Crippen LogP contribution in [0.4, 0.5) is 5.69 Å². The summed E-state index contributed by atoms with van der Waals surface area (Å²) in [6.07, 6.45) is 2.14. The van der Waals surface area contributed by atoms with Gasteiger partial charge >= 0.3 is 0 Å². The molecule has 1 aliphatic heterocycles. The topological polar surface area (TPSA) is 41.1 Å². The van der Waals surface area contributed by atoms with Gasteiger partial charge in [-0.1, -0.05) is 11.6 Å². The first-order valence-corrected chi connectivity index (χ1v) is 7.84. The number of anilines is 1. The zero-order chi connectivity index (χ0) is 15.6. The van der Waals surface area contributed by atoms with E-state index < -0.39 is 0 Å². The van der Waals surface area contributed by atoms with Gasteiger partial charge in [0.1, 0.15) is 0 Å². The average molecular weight is 311 g/mol. The summed E-state index contributed by atoms with van der Waals surface area (Å²) < 4.78 is 0.758. The number of nitrogens with one attached hydrogen (secondary N) is 2. The molecular formula is C16H25ClN3O+. The van der Waals surface area contributed by atoms with Crippen molar-refractivity contribution in [3.05, 3.63) is 28.3 Å². The first-order valence-electron chi connectivity index (χ1n) is 7.46. The van der Waals surface area contributed by atoms with Crippen LogP contribution in [-0.4, -0.2) is 43.7 Å². The van der Waals surface area contributed by atoms with Gasteiger partial charge in [-0.15, -0.1) is 0 Å². The van der Waals surface area contributed by atoms with Gasteiger partial charge in [-0.05, 0) is 44.2 Å². The molecule has 1 atom stereocenters. The Labute approximate surface area is 132 Å². The second-order valence-electron chi connectivity index (χ2n) is 6.23. The summed E-state index contributed by atoms with van der Waals surface area (Å²) in [5.74, 6) is 0.0235. The maximum atomic E-state index is 12.7. The zero-order valence-electron chi connectivity index (χ0n) is 13.3. The van der Waals surface area contributed by atoms with Crippen LogP contribution in [0.15, 0.2) is 12.1 Å². The minimum atomic E-state index is -0.220. The molecule has 2 rings (SSSR count). The molecule has 1 unspecified atom stereocenters. The van der Waals surface area contributed by atoms with Crippen LogP contribution in [0.25, 0.3) is 0 Å². The number of carbonyl (C=O) groups excluding carboxylic acids is 1. The summed E-state index contributed by atoms with van der Waals surface area (Å²) in [6.45, 7) is 6.01. The molecule has 0 spiro atoms. The van der Waals surface area contributed by atoms with Crippen LogP contribution in [0, 0.1) is 13.8 Å². The summed E-state index contributed by atoms with van der Waals surface area (Å²) in [5, 5.41) is 6.97. The number of likely N-dealkylation sites (N-methyl/N-ethyl adjacent to an activating group) is 2. The van der Waals surface area contributed by atoms with Crippen LogP contribution < -0.4 is 10.6 Å². The Bertz CT molecular complexity index is 515. The van der Waals surface area contributed by atoms with Crippen LogP contribution in [-0.2, 0) is 4.79 Å². The van der Waals surface area contributed by atoms with Crippen molar-refractivity contribution in [3.63, 3.8) is 0 Å². The van der Waals surface area contributed by atoms with E-state index in [1.165, 1.54) is 12.8 Å². The fraction of sp³-hybridized carbons (Fsp3) is 0.562. The van der Waals surface area contributed by atoms with Gasteiger partial charge in [0.15, 0.2) is 0 Å². The summed E-state index contributed by atoms with van der Waals surface area (Å²) in [5.41, 5.74) is 2.86. The largest absolute Gasteiger partial charge is 0.319 e. The van der Waals surface area contributed by atoms with E-state index in [9.17, 15) is 4.79 Å². The van der Waals surface area contributed by atoms with Crippen LogP contribution in [0.5, 0.6) is 0 Å². The predicted octanol–water partition coefficient (Wildman–Crippen LogP) is 2.68. The molecule has 21 heavy (non-hydrogen) atoms. The number of benzene rings is 1. The van der Waals surface area contributed by atoms with Crippen molar-refractivity contribution in [2.75, 3.05) is 32.5 Å². The van der Waals surface area contributed by atoms with E-state index in [1.54, 1.807) is 0 Å². The number of carbonyl (C=O) groups is 1. The Morgan fingerprint density at radius 1 is 1.24 bits per heavy atom. The van der Waals surface area contributed by atoms with Crippen molar-refractivity contribution in [2.24, 2.45) is 0 Å². The lowest BCUT2D eigenvalue weighted by Gasteiger charge is -2.36. The van der Waals surface area contributed by atoms with E-state index in [2.05, 4.69) is 17.7 Å². The number of nitrogens with zero attached hydrogens (tertiary/aromatic N) is 1. The Morgan fingerprint density at radius 2 is 1.76 bits per heavy atom. The predicted molar refractivity (Wildman–Crippen MR) is 87.6 cm³/mol. The number of amides is 1. The molecule has 116 valence electrons. The summed E-state index contributed by atoms with van der Waals surface area (Å²) in [6, 6.07) is 3.76. The fourth-order valence-corrected chi connectivity index (χ4v) is 3.67. The first kappa shape index (κ1) is 16.3. The van der Waals surface area contributed by atoms with Gasteiger partial charge in [0.2, 0.25) is 6.17 Å². The molecule has 5 heteroatoms. The minimum absolute atomic E-state index is 0.0235. The highest BCUT2D eigenvalue weighted by Gasteiger charge is 2.39. The van der Waals surface area contributed by atoms with E-state index in [4.69, 9.17) is 11.6 Å². The number of halogens is 1. The highest BCUT2D eigenvalue weighted by Crippen LogP contribution is 2.26. The highest BCUT2D eigenvalue weighted by molar-refractivity contribution is 6.30. The van der Waals surface area contributed by atoms with Gasteiger partial charge in [-0.3, -0.25) is 10.1 Å². The fourth-order valence-electron chi connectivity index (χ4n) is 3.34. The lowest BCUT2D eigenvalue weighted by molar-refractivity contribution is -0.915. The molecule has 0 saturated carbocycles. The van der Waals surface area contributed by atoms with Crippen molar-refractivity contribution in [3.8, 4) is 0 Å². The lowest BCUT2D eigenvalue weighted by Crippen LogP contribution is -2.61. The quantitative estimate of drug-likeness (QED) is 0.840. The number of quaternary nitrogens is 1. The van der Waals surface area contributed by atoms with E-state index in [1.807, 2.05) is 33.0 Å². The van der Waals surface area contributed by atoms with E-state index >= 15 is 0 Å². The molecule has 1 fully saturated rings. The number of hydrogen-bond acceptors (Lipinski definition) is 2. The SMILES string of the molecule is CNC(C(=O)Nc1c(C)cc(Cl)cc1C)[N+]1(C)CCCC1. The second-order valence-corrected chi connectivity index (χ2v) is 6.67. The number of rotatable bonds is 4. The third-order valence-electron chi connectivity index (χ3n) is 4.48. The summed E-state index contributed by atoms with van der Waals surface area (Å²) >= 11 is 6.05. The van der Waals surface area contributed by atoms with Crippen molar-refractivity contribution >= 4 is 23.2 Å². The van der Waals surface area contributed by atoms with E-state index in [0.717, 1.165) is 34.4 Å². The van der Waals surface area contributed by atoms with Gasteiger partial charge in [-0.2, -0.15) is 0 Å². The van der Waals surface area contributed by atoms with Crippen molar-refractivity contribution in [2.45, 2.75) is 32.9 Å². The maximum absolute atomic E-state index is 12.7.